The minimum Gasteiger partial charge on any atom is -0.382 e. The lowest BCUT2D eigenvalue weighted by Crippen LogP contribution is -2.38. The maximum absolute atomic E-state index is 13.0. The predicted molar refractivity (Wildman–Crippen MR) is 112 cm³/mol. The molecule has 1 aliphatic heterocycles. The highest BCUT2D eigenvalue weighted by Crippen LogP contribution is 2.29. The summed E-state index contributed by atoms with van der Waals surface area (Å²) in [5.41, 5.74) is 4.65. The molecule has 28 heavy (non-hydrogen) atoms. The minimum atomic E-state index is -0.159. The number of rotatable bonds is 3. The van der Waals surface area contributed by atoms with Gasteiger partial charge in [0, 0.05) is 29.9 Å². The number of carbonyl (C=O) groups excluding carboxylic acids is 2. The second-order valence-electron chi connectivity index (χ2n) is 6.75. The van der Waals surface area contributed by atoms with Gasteiger partial charge in [0.05, 0.1) is 11.4 Å². The standard InChI is InChI=1S/C23H21N3O2/c1-16-6-2-3-7-19(16)22(27)25-18-12-10-17(11-13-18)23(28)26-15-14-24-20-8-4-5-9-21(20)26/h2-13,24H,14-15H2,1H3,(H,25,27). The monoisotopic (exact) mass is 371 g/mol. The average Bonchev–Trinajstić information content (AvgIpc) is 2.73. The number of hydrogen-bond donors (Lipinski definition) is 2. The van der Waals surface area contributed by atoms with Gasteiger partial charge in [-0.25, -0.2) is 0 Å². The molecule has 5 nitrogen and oxygen atoms in total. The van der Waals surface area contributed by atoms with Crippen molar-refractivity contribution in [2.75, 3.05) is 28.6 Å². The van der Waals surface area contributed by atoms with Gasteiger partial charge in [-0.2, -0.15) is 0 Å². The Balaban J connectivity index is 1.50. The quantitative estimate of drug-likeness (QED) is 0.721. The highest BCUT2D eigenvalue weighted by Gasteiger charge is 2.23. The molecule has 140 valence electrons. The molecule has 0 unspecified atom stereocenters. The van der Waals surface area contributed by atoms with E-state index in [-0.39, 0.29) is 11.8 Å². The molecule has 5 heteroatoms. The zero-order valence-electron chi connectivity index (χ0n) is 15.6. The molecule has 0 aliphatic carbocycles. The molecule has 4 rings (SSSR count). The highest BCUT2D eigenvalue weighted by atomic mass is 16.2. The molecule has 0 saturated heterocycles. The first kappa shape index (κ1) is 17.8. The average molecular weight is 371 g/mol. The van der Waals surface area contributed by atoms with Crippen molar-refractivity contribution in [2.45, 2.75) is 6.92 Å². The number of para-hydroxylation sites is 2. The Bertz CT molecular complexity index is 1030. The van der Waals surface area contributed by atoms with Crippen LogP contribution in [0, 0.1) is 6.92 Å². The van der Waals surface area contributed by atoms with Gasteiger partial charge in [0.1, 0.15) is 0 Å². The van der Waals surface area contributed by atoms with Crippen molar-refractivity contribution < 1.29 is 9.59 Å². The summed E-state index contributed by atoms with van der Waals surface area (Å²) >= 11 is 0. The number of nitrogens with zero attached hydrogens (tertiary/aromatic N) is 1. The van der Waals surface area contributed by atoms with Crippen LogP contribution in [0.2, 0.25) is 0 Å². The van der Waals surface area contributed by atoms with Crippen molar-refractivity contribution in [1.29, 1.82) is 0 Å². The van der Waals surface area contributed by atoms with Crippen LogP contribution in [-0.4, -0.2) is 24.9 Å². The fraction of sp³-hybridized carbons (Fsp3) is 0.130. The molecule has 0 atom stereocenters. The molecular formula is C23H21N3O2. The van der Waals surface area contributed by atoms with E-state index in [0.717, 1.165) is 16.9 Å². The normalized spacial score (nSPS) is 12.7. The van der Waals surface area contributed by atoms with Crippen molar-refractivity contribution in [3.8, 4) is 0 Å². The lowest BCUT2D eigenvalue weighted by molar-refractivity contribution is 0.0986. The van der Waals surface area contributed by atoms with Gasteiger partial charge >= 0.3 is 0 Å². The molecule has 0 bridgehead atoms. The van der Waals surface area contributed by atoms with E-state index in [4.69, 9.17) is 0 Å². The highest BCUT2D eigenvalue weighted by molar-refractivity contribution is 6.09. The number of anilines is 3. The smallest absolute Gasteiger partial charge is 0.258 e. The Morgan fingerprint density at radius 1 is 0.929 bits per heavy atom. The van der Waals surface area contributed by atoms with Crippen molar-refractivity contribution in [1.82, 2.24) is 0 Å². The third-order valence-electron chi connectivity index (χ3n) is 4.87. The van der Waals surface area contributed by atoms with Crippen LogP contribution in [0.15, 0.2) is 72.8 Å². The zero-order valence-corrected chi connectivity index (χ0v) is 15.6. The lowest BCUT2D eigenvalue weighted by Gasteiger charge is -2.30. The van der Waals surface area contributed by atoms with Gasteiger partial charge in [0.2, 0.25) is 0 Å². The maximum Gasteiger partial charge on any atom is 0.258 e. The van der Waals surface area contributed by atoms with Gasteiger partial charge in [0.15, 0.2) is 0 Å². The second kappa shape index (κ2) is 7.56. The van der Waals surface area contributed by atoms with Crippen LogP contribution in [-0.2, 0) is 0 Å². The topological polar surface area (TPSA) is 61.4 Å². The van der Waals surface area contributed by atoms with E-state index in [1.54, 1.807) is 35.2 Å². The van der Waals surface area contributed by atoms with Crippen LogP contribution < -0.4 is 15.5 Å². The number of amides is 2. The Morgan fingerprint density at radius 2 is 1.64 bits per heavy atom. The molecular weight excluding hydrogens is 350 g/mol. The van der Waals surface area contributed by atoms with Gasteiger partial charge in [-0.3, -0.25) is 9.59 Å². The zero-order chi connectivity index (χ0) is 19.5. The fourth-order valence-electron chi connectivity index (χ4n) is 3.37. The number of benzene rings is 3. The first-order valence-corrected chi connectivity index (χ1v) is 9.25. The van der Waals surface area contributed by atoms with Crippen molar-refractivity contribution in [3.63, 3.8) is 0 Å². The van der Waals surface area contributed by atoms with E-state index >= 15 is 0 Å². The van der Waals surface area contributed by atoms with Crippen LogP contribution >= 0.6 is 0 Å². The molecule has 0 fully saturated rings. The Labute approximate surface area is 164 Å². The van der Waals surface area contributed by atoms with Crippen LogP contribution in [0.3, 0.4) is 0 Å². The number of nitrogens with one attached hydrogen (secondary N) is 2. The van der Waals surface area contributed by atoms with E-state index in [2.05, 4.69) is 10.6 Å². The molecule has 0 spiro atoms. The van der Waals surface area contributed by atoms with E-state index in [9.17, 15) is 9.59 Å². The van der Waals surface area contributed by atoms with Crippen molar-refractivity contribution >= 4 is 28.9 Å². The van der Waals surface area contributed by atoms with Crippen LogP contribution in [0.4, 0.5) is 17.1 Å². The number of carbonyl (C=O) groups is 2. The largest absolute Gasteiger partial charge is 0.382 e. The molecule has 0 radical (unpaired) electrons. The van der Waals surface area contributed by atoms with E-state index in [1.807, 2.05) is 49.4 Å². The molecule has 2 N–H and O–H groups in total. The summed E-state index contributed by atoms with van der Waals surface area (Å²) in [4.78, 5) is 27.2. The summed E-state index contributed by atoms with van der Waals surface area (Å²) in [7, 11) is 0. The van der Waals surface area contributed by atoms with E-state index in [0.29, 0.717) is 29.9 Å². The van der Waals surface area contributed by atoms with Gasteiger partial charge in [0.25, 0.3) is 11.8 Å². The predicted octanol–water partition coefficient (Wildman–Crippen LogP) is 4.32. The van der Waals surface area contributed by atoms with Crippen LogP contribution in [0.1, 0.15) is 26.3 Å². The van der Waals surface area contributed by atoms with Gasteiger partial charge in [-0.15, -0.1) is 0 Å². The Hall–Kier alpha value is -3.60. The Morgan fingerprint density at radius 3 is 2.43 bits per heavy atom. The van der Waals surface area contributed by atoms with E-state index < -0.39 is 0 Å². The SMILES string of the molecule is Cc1ccccc1C(=O)Nc1ccc(C(=O)N2CCNc3ccccc32)cc1. The number of fused-ring (bicyclic) bond motifs is 1. The summed E-state index contributed by atoms with van der Waals surface area (Å²) in [6.45, 7) is 3.23. The summed E-state index contributed by atoms with van der Waals surface area (Å²) in [5.74, 6) is -0.209. The molecule has 0 saturated carbocycles. The molecule has 3 aromatic rings. The third-order valence-corrected chi connectivity index (χ3v) is 4.87. The fourth-order valence-corrected chi connectivity index (χ4v) is 3.37. The van der Waals surface area contributed by atoms with Crippen LogP contribution in [0.5, 0.6) is 0 Å². The van der Waals surface area contributed by atoms with Crippen molar-refractivity contribution in [2.24, 2.45) is 0 Å². The summed E-state index contributed by atoms with van der Waals surface area (Å²) < 4.78 is 0. The first-order chi connectivity index (χ1) is 13.6. The molecule has 3 aromatic carbocycles. The third kappa shape index (κ3) is 3.47. The van der Waals surface area contributed by atoms with Crippen molar-refractivity contribution in [3.05, 3.63) is 89.5 Å². The Kier molecular flexibility index (Phi) is 4.81. The molecule has 1 aliphatic rings. The number of aryl methyl sites for hydroxylation is 1. The lowest BCUT2D eigenvalue weighted by atomic mass is 10.1. The summed E-state index contributed by atoms with van der Waals surface area (Å²) in [6.07, 6.45) is 0. The van der Waals surface area contributed by atoms with Gasteiger partial charge in [-0.1, -0.05) is 30.3 Å². The minimum absolute atomic E-state index is 0.0502. The van der Waals surface area contributed by atoms with Gasteiger partial charge in [-0.05, 0) is 55.0 Å². The van der Waals surface area contributed by atoms with E-state index in [1.165, 1.54) is 0 Å². The van der Waals surface area contributed by atoms with Gasteiger partial charge < -0.3 is 15.5 Å². The molecule has 1 heterocycles. The number of hydrogen-bond acceptors (Lipinski definition) is 3. The molecule has 2 amide bonds. The molecule has 0 aromatic heterocycles. The first-order valence-electron chi connectivity index (χ1n) is 9.25. The summed E-state index contributed by atoms with van der Waals surface area (Å²) in [5, 5.41) is 6.19. The maximum atomic E-state index is 13.0. The van der Waals surface area contributed by atoms with Crippen LogP contribution in [0.25, 0.3) is 0 Å². The second-order valence-corrected chi connectivity index (χ2v) is 6.75. The summed E-state index contributed by atoms with van der Waals surface area (Å²) in [6, 6.07) is 22.3.